The number of carboxylic acid groups (broad SMARTS) is 1. The van der Waals surface area contributed by atoms with Gasteiger partial charge in [-0.05, 0) is 83.4 Å². The summed E-state index contributed by atoms with van der Waals surface area (Å²) >= 11 is 6.30. The number of carboxylic acids is 1. The second-order valence-corrected chi connectivity index (χ2v) is 16.2. The monoisotopic (exact) mass is 802 g/mol. The quantitative estimate of drug-likeness (QED) is 0.150. The number of aromatic nitrogens is 5. The maximum absolute atomic E-state index is 14.1. The molecule has 2 saturated heterocycles. The molecule has 0 bridgehead atoms. The van der Waals surface area contributed by atoms with E-state index in [9.17, 15) is 37.5 Å². The van der Waals surface area contributed by atoms with Gasteiger partial charge < -0.3 is 35.4 Å². The molecule has 4 N–H and O–H groups in total. The van der Waals surface area contributed by atoms with Gasteiger partial charge in [0, 0.05) is 66.2 Å². The summed E-state index contributed by atoms with van der Waals surface area (Å²) in [5, 5.41) is 26.6. The predicted molar refractivity (Wildman–Crippen MR) is 205 cm³/mol. The number of aromatic carboxylic acids is 1. The summed E-state index contributed by atoms with van der Waals surface area (Å²) in [5.41, 5.74) is 2.63. The number of hydrogen-bond acceptors (Lipinski definition) is 10. The minimum absolute atomic E-state index is 0.00347. The Balaban J connectivity index is 1.11. The summed E-state index contributed by atoms with van der Waals surface area (Å²) in [4.78, 5) is 73.2. The molecule has 0 saturated carbocycles. The van der Waals surface area contributed by atoms with Crippen LogP contribution in [0.15, 0.2) is 73.1 Å². The normalized spacial score (nSPS) is 15.9. The first-order valence-electron chi connectivity index (χ1n) is 17.4. The third-order valence-corrected chi connectivity index (χ3v) is 11.8. The van der Waals surface area contributed by atoms with E-state index >= 15 is 0 Å². The maximum Gasteiger partial charge on any atom is 0.352 e. The highest BCUT2D eigenvalue weighted by Crippen LogP contribution is 2.30. The Kier molecular flexibility index (Phi) is 10.5. The lowest BCUT2D eigenvalue weighted by Gasteiger charge is -2.38. The number of fused-ring (bicyclic) bond motifs is 1. The van der Waals surface area contributed by atoms with Crippen molar-refractivity contribution in [1.82, 2.24) is 35.0 Å². The Hall–Kier alpha value is -6.34. The molecule has 0 aliphatic carbocycles. The van der Waals surface area contributed by atoms with E-state index in [0.717, 1.165) is 0 Å². The summed E-state index contributed by atoms with van der Waals surface area (Å²) in [5.74, 6) is -3.58. The molecule has 290 valence electrons. The number of hydrogen-bond donors (Lipinski definition) is 4. The van der Waals surface area contributed by atoms with Crippen LogP contribution in [-0.4, -0.2) is 122 Å². The lowest BCUT2D eigenvalue weighted by molar-refractivity contribution is -0.149. The number of nitrogens with zero attached hydrogens (tertiary/aromatic N) is 7. The fraction of sp³-hybridized carbons (Fsp3) is 0.278. The molecule has 5 aromatic rings. The number of piperidine rings is 1. The van der Waals surface area contributed by atoms with Gasteiger partial charge in [0.2, 0.25) is 5.91 Å². The Morgan fingerprint density at radius 2 is 1.64 bits per heavy atom. The topological polar surface area (TPSA) is 233 Å². The molecule has 2 aliphatic heterocycles. The Morgan fingerprint density at radius 1 is 0.911 bits per heavy atom. The molecule has 2 aromatic heterocycles. The number of carbonyl (C=O) groups is 5. The summed E-state index contributed by atoms with van der Waals surface area (Å²) in [7, 11) is -3.19. The molecule has 20 heteroatoms. The van der Waals surface area contributed by atoms with Gasteiger partial charge in [-0.15, -0.1) is 5.10 Å². The molecule has 5 amide bonds. The zero-order valence-electron chi connectivity index (χ0n) is 29.8. The van der Waals surface area contributed by atoms with Gasteiger partial charge in [-0.1, -0.05) is 23.7 Å². The standard InChI is InChI=1S/C36H35ClN10O8S/c1-56(54,55)26-10-12-44(13-11-26)36(53)40-24-5-2-21(3-6-24)16-31(32(48)39-25-7-8-27-22(17-25)18-28(41-27)35(51)52)46-15-14-45(33(49)34(46)50)30-19-23(37)4-9-29(30)47-20-38-42-43-47/h2-9,17-20,26,31,41H,10-16H2,1H3,(H,39,48)(H,40,53)(H,51,52). The number of halogens is 1. The first kappa shape index (κ1) is 38.0. The van der Waals surface area contributed by atoms with Crippen LogP contribution in [0.5, 0.6) is 0 Å². The second kappa shape index (κ2) is 15.4. The SMILES string of the molecule is CS(=O)(=O)C1CCN(C(=O)Nc2ccc(CC(C(=O)Nc3ccc4[nH]c(C(=O)O)cc4c3)N3CCN(c4cc(Cl)ccc4-n4cnnn4)C(=O)C3=O)cc2)CC1. The molecule has 56 heavy (non-hydrogen) atoms. The number of nitrogens with one attached hydrogen (secondary N) is 3. The number of tetrazole rings is 1. The van der Waals surface area contributed by atoms with Crippen LogP contribution in [0.25, 0.3) is 16.6 Å². The number of likely N-dealkylation sites (tertiary alicyclic amines) is 1. The van der Waals surface area contributed by atoms with Crippen molar-refractivity contribution in [3.05, 3.63) is 89.3 Å². The van der Waals surface area contributed by atoms with Gasteiger partial charge in [0.25, 0.3) is 0 Å². The number of rotatable bonds is 10. The van der Waals surface area contributed by atoms with E-state index in [2.05, 4.69) is 31.1 Å². The van der Waals surface area contributed by atoms with E-state index in [1.54, 1.807) is 59.5 Å². The van der Waals surface area contributed by atoms with E-state index in [1.807, 2.05) is 0 Å². The zero-order chi connectivity index (χ0) is 39.7. The fourth-order valence-corrected chi connectivity index (χ4v) is 8.12. The van der Waals surface area contributed by atoms with Crippen molar-refractivity contribution in [2.45, 2.75) is 30.6 Å². The number of carbonyl (C=O) groups excluding carboxylic acids is 4. The summed E-state index contributed by atoms with van der Waals surface area (Å²) in [6.45, 7) is 0.565. The molecule has 0 spiro atoms. The average molecular weight is 803 g/mol. The number of H-pyrrole nitrogens is 1. The molecule has 4 heterocycles. The van der Waals surface area contributed by atoms with E-state index in [-0.39, 0.29) is 31.2 Å². The van der Waals surface area contributed by atoms with Crippen LogP contribution in [-0.2, 0) is 30.6 Å². The molecule has 0 radical (unpaired) electrons. The number of urea groups is 1. The van der Waals surface area contributed by atoms with E-state index in [4.69, 9.17) is 11.6 Å². The predicted octanol–water partition coefficient (Wildman–Crippen LogP) is 2.96. The van der Waals surface area contributed by atoms with E-state index in [1.165, 1.54) is 39.2 Å². The first-order chi connectivity index (χ1) is 26.7. The van der Waals surface area contributed by atoms with Gasteiger partial charge in [-0.25, -0.2) is 18.0 Å². The summed E-state index contributed by atoms with van der Waals surface area (Å²) in [6, 6.07) is 16.1. The van der Waals surface area contributed by atoms with Crippen molar-refractivity contribution < 1.29 is 37.5 Å². The number of benzene rings is 3. The Bertz CT molecular complexity index is 2450. The molecule has 2 fully saturated rings. The van der Waals surface area contributed by atoms with Crippen molar-refractivity contribution in [3.8, 4) is 5.69 Å². The Labute approximate surface area is 324 Å². The highest BCUT2D eigenvalue weighted by Gasteiger charge is 2.41. The minimum atomic E-state index is -3.19. The minimum Gasteiger partial charge on any atom is -0.477 e. The average Bonchev–Trinajstić information content (AvgIpc) is 3.87. The van der Waals surface area contributed by atoms with Gasteiger partial charge in [0.15, 0.2) is 0 Å². The maximum atomic E-state index is 14.1. The van der Waals surface area contributed by atoms with Gasteiger partial charge in [-0.2, -0.15) is 4.68 Å². The third kappa shape index (κ3) is 8.03. The third-order valence-electron chi connectivity index (χ3n) is 9.84. The smallest absolute Gasteiger partial charge is 0.352 e. The number of piperazine rings is 1. The van der Waals surface area contributed by atoms with E-state index < -0.39 is 44.8 Å². The van der Waals surface area contributed by atoms with Gasteiger partial charge in [0.05, 0.1) is 16.6 Å². The van der Waals surface area contributed by atoms with Crippen LogP contribution in [0.2, 0.25) is 5.02 Å². The number of anilines is 3. The lowest BCUT2D eigenvalue weighted by Crippen LogP contribution is -2.60. The zero-order valence-corrected chi connectivity index (χ0v) is 31.3. The lowest BCUT2D eigenvalue weighted by atomic mass is 10.0. The van der Waals surface area contributed by atoms with Crippen LogP contribution < -0.4 is 15.5 Å². The second-order valence-electron chi connectivity index (χ2n) is 13.5. The fourth-order valence-electron chi connectivity index (χ4n) is 6.89. The van der Waals surface area contributed by atoms with Crippen molar-refractivity contribution >= 4 is 79.1 Å². The molecule has 2 aliphatic rings. The van der Waals surface area contributed by atoms with Crippen LogP contribution in [0.3, 0.4) is 0 Å². The van der Waals surface area contributed by atoms with Crippen LogP contribution in [0, 0.1) is 0 Å². The first-order valence-corrected chi connectivity index (χ1v) is 19.7. The van der Waals surface area contributed by atoms with E-state index in [0.29, 0.717) is 70.2 Å². The van der Waals surface area contributed by atoms with Crippen LogP contribution >= 0.6 is 11.6 Å². The van der Waals surface area contributed by atoms with Gasteiger partial charge in [-0.3, -0.25) is 14.4 Å². The summed E-state index contributed by atoms with van der Waals surface area (Å²) in [6.07, 6.45) is 3.23. The molecular weight excluding hydrogens is 768 g/mol. The Morgan fingerprint density at radius 3 is 2.32 bits per heavy atom. The van der Waals surface area contributed by atoms with Crippen LogP contribution in [0.4, 0.5) is 21.9 Å². The summed E-state index contributed by atoms with van der Waals surface area (Å²) < 4.78 is 25.2. The van der Waals surface area contributed by atoms with Crippen molar-refractivity contribution in [1.29, 1.82) is 0 Å². The molecule has 1 unspecified atom stereocenters. The highest BCUT2D eigenvalue weighted by molar-refractivity contribution is 7.91. The van der Waals surface area contributed by atoms with Crippen molar-refractivity contribution in [2.75, 3.05) is 48.0 Å². The van der Waals surface area contributed by atoms with Gasteiger partial charge in [0.1, 0.15) is 27.9 Å². The molecule has 7 rings (SSSR count). The van der Waals surface area contributed by atoms with Crippen molar-refractivity contribution in [3.63, 3.8) is 0 Å². The molecular formula is C36H35ClN10O8S. The van der Waals surface area contributed by atoms with Gasteiger partial charge >= 0.3 is 23.8 Å². The number of sulfone groups is 1. The van der Waals surface area contributed by atoms with Crippen LogP contribution in [0.1, 0.15) is 28.9 Å². The molecule has 3 aromatic carbocycles. The number of amides is 5. The largest absolute Gasteiger partial charge is 0.477 e. The highest BCUT2D eigenvalue weighted by atomic mass is 35.5. The van der Waals surface area contributed by atoms with Crippen molar-refractivity contribution in [2.24, 2.45) is 0 Å². The number of aromatic amines is 1. The molecule has 1 atom stereocenters. The molecule has 18 nitrogen and oxygen atoms in total.